The van der Waals surface area contributed by atoms with Crippen molar-refractivity contribution in [1.29, 1.82) is 0 Å². The minimum absolute atomic E-state index is 0.208. The fourth-order valence-electron chi connectivity index (χ4n) is 2.77. The molecular formula is C20H12N4O2S. The fourth-order valence-corrected chi connectivity index (χ4v) is 3.66. The van der Waals surface area contributed by atoms with Crippen molar-refractivity contribution < 1.29 is 4.42 Å². The molecule has 7 heteroatoms. The third kappa shape index (κ3) is 2.84. The topological polar surface area (TPSA) is 73.3 Å². The van der Waals surface area contributed by atoms with Crippen molar-refractivity contribution >= 4 is 22.4 Å². The summed E-state index contributed by atoms with van der Waals surface area (Å²) < 4.78 is 7.70. The van der Waals surface area contributed by atoms with Crippen LogP contribution in [0.3, 0.4) is 0 Å². The van der Waals surface area contributed by atoms with Gasteiger partial charge in [-0.2, -0.15) is 9.50 Å². The third-order valence-corrected chi connectivity index (χ3v) is 5.04. The van der Waals surface area contributed by atoms with Crippen LogP contribution in [0.25, 0.3) is 33.7 Å². The second-order valence-electron chi connectivity index (χ2n) is 5.85. The predicted octanol–water partition coefficient (Wildman–Crippen LogP) is 3.02. The van der Waals surface area contributed by atoms with Crippen LogP contribution < -0.4 is 10.1 Å². The smallest absolute Gasteiger partial charge is 0.291 e. The number of furan rings is 1. The molecule has 0 saturated heterocycles. The highest BCUT2D eigenvalue weighted by Gasteiger charge is 2.12. The van der Waals surface area contributed by atoms with Crippen molar-refractivity contribution in [3.63, 3.8) is 0 Å². The molecule has 0 atom stereocenters. The fraction of sp³-hybridized carbons (Fsp3) is 0. The van der Waals surface area contributed by atoms with Crippen LogP contribution in [0.4, 0.5) is 0 Å². The Balaban J connectivity index is 1.54. The van der Waals surface area contributed by atoms with Crippen LogP contribution in [0.15, 0.2) is 76.2 Å². The Hall–Kier alpha value is -3.58. The summed E-state index contributed by atoms with van der Waals surface area (Å²) in [6, 6.07) is 17.2. The molecule has 27 heavy (non-hydrogen) atoms. The Morgan fingerprint density at radius 1 is 0.963 bits per heavy atom. The van der Waals surface area contributed by atoms with Gasteiger partial charge in [0.25, 0.3) is 5.56 Å². The molecule has 0 bridgehead atoms. The number of nitrogens with zero attached hydrogens (tertiary/aromatic N) is 4. The first kappa shape index (κ1) is 15.7. The molecule has 0 aliphatic heterocycles. The first-order valence-corrected chi connectivity index (χ1v) is 9.06. The van der Waals surface area contributed by atoms with Gasteiger partial charge in [-0.05, 0) is 24.3 Å². The maximum atomic E-state index is 12.6. The lowest BCUT2D eigenvalue weighted by Crippen LogP contribution is -2.23. The van der Waals surface area contributed by atoms with E-state index in [0.29, 0.717) is 21.1 Å². The van der Waals surface area contributed by atoms with Crippen molar-refractivity contribution in [2.75, 3.05) is 0 Å². The van der Waals surface area contributed by atoms with Gasteiger partial charge < -0.3 is 4.42 Å². The van der Waals surface area contributed by atoms with E-state index >= 15 is 0 Å². The Labute approximate surface area is 157 Å². The minimum Gasteiger partial charge on any atom is -0.457 e. The lowest BCUT2D eigenvalue weighted by Gasteiger charge is -1.94. The standard InChI is InChI=1S/C20H12N4O2S/c25-19-17(12-15-6-7-16(26-15)13-4-2-1-3-5-13)27-20-22-18(23-24(19)20)14-8-10-21-11-9-14/h1-12H/b17-12-. The zero-order valence-electron chi connectivity index (χ0n) is 13.9. The highest BCUT2D eigenvalue weighted by atomic mass is 32.1. The lowest BCUT2D eigenvalue weighted by atomic mass is 10.2. The van der Waals surface area contributed by atoms with Gasteiger partial charge in [-0.15, -0.1) is 5.10 Å². The maximum absolute atomic E-state index is 12.6. The van der Waals surface area contributed by atoms with Gasteiger partial charge in [0, 0.05) is 29.6 Å². The quantitative estimate of drug-likeness (QED) is 0.487. The Kier molecular flexibility index (Phi) is 3.65. The third-order valence-electron chi connectivity index (χ3n) is 4.08. The van der Waals surface area contributed by atoms with E-state index in [2.05, 4.69) is 15.1 Å². The Morgan fingerprint density at radius 3 is 2.56 bits per heavy atom. The van der Waals surface area contributed by atoms with E-state index in [1.807, 2.05) is 54.6 Å². The van der Waals surface area contributed by atoms with Crippen molar-refractivity contribution in [3.05, 3.63) is 87.6 Å². The number of hydrogen-bond acceptors (Lipinski definition) is 6. The molecule has 0 N–H and O–H groups in total. The molecule has 0 aliphatic rings. The molecule has 130 valence electrons. The molecular weight excluding hydrogens is 360 g/mol. The average Bonchev–Trinajstić information content (AvgIpc) is 3.41. The van der Waals surface area contributed by atoms with Crippen LogP contribution in [0, 0.1) is 0 Å². The number of aromatic nitrogens is 4. The minimum atomic E-state index is -0.208. The van der Waals surface area contributed by atoms with E-state index in [1.54, 1.807) is 18.5 Å². The Morgan fingerprint density at radius 2 is 1.78 bits per heavy atom. The molecule has 0 spiro atoms. The summed E-state index contributed by atoms with van der Waals surface area (Å²) in [5.41, 5.74) is 1.61. The zero-order chi connectivity index (χ0) is 18.2. The van der Waals surface area contributed by atoms with Crippen LogP contribution in [-0.2, 0) is 0 Å². The van der Waals surface area contributed by atoms with Gasteiger partial charge in [0.15, 0.2) is 5.82 Å². The van der Waals surface area contributed by atoms with Gasteiger partial charge in [-0.3, -0.25) is 9.78 Å². The number of fused-ring (bicyclic) bond motifs is 1. The molecule has 0 radical (unpaired) electrons. The summed E-state index contributed by atoms with van der Waals surface area (Å²) in [6.45, 7) is 0. The van der Waals surface area contributed by atoms with E-state index in [1.165, 1.54) is 15.9 Å². The second-order valence-corrected chi connectivity index (χ2v) is 6.86. The molecule has 5 aromatic rings. The molecule has 0 amide bonds. The number of pyridine rings is 1. The average molecular weight is 372 g/mol. The molecule has 1 aromatic carbocycles. The van der Waals surface area contributed by atoms with Crippen LogP contribution >= 0.6 is 11.3 Å². The summed E-state index contributed by atoms with van der Waals surface area (Å²) in [5, 5.41) is 4.32. The SMILES string of the molecule is O=c1/c(=C/c2ccc(-c3ccccc3)o2)sc2nc(-c3ccncc3)nn12. The van der Waals surface area contributed by atoms with Crippen LogP contribution in [-0.4, -0.2) is 19.6 Å². The van der Waals surface area contributed by atoms with Crippen molar-refractivity contribution in [2.45, 2.75) is 0 Å². The molecule has 6 nitrogen and oxygen atoms in total. The molecule has 0 unspecified atom stereocenters. The number of benzene rings is 1. The zero-order valence-corrected chi connectivity index (χ0v) is 14.8. The van der Waals surface area contributed by atoms with Gasteiger partial charge >= 0.3 is 0 Å². The van der Waals surface area contributed by atoms with Crippen molar-refractivity contribution in [2.24, 2.45) is 0 Å². The van der Waals surface area contributed by atoms with Gasteiger partial charge in [0.1, 0.15) is 16.1 Å². The highest BCUT2D eigenvalue weighted by molar-refractivity contribution is 7.15. The van der Waals surface area contributed by atoms with Crippen molar-refractivity contribution in [3.8, 4) is 22.7 Å². The van der Waals surface area contributed by atoms with E-state index in [0.717, 1.165) is 16.9 Å². The van der Waals surface area contributed by atoms with E-state index in [-0.39, 0.29) is 5.56 Å². The number of rotatable bonds is 3. The van der Waals surface area contributed by atoms with Crippen LogP contribution in [0.2, 0.25) is 0 Å². The molecule has 4 heterocycles. The van der Waals surface area contributed by atoms with Gasteiger partial charge in [-0.1, -0.05) is 41.7 Å². The van der Waals surface area contributed by atoms with Crippen LogP contribution in [0.1, 0.15) is 5.76 Å². The molecule has 5 rings (SSSR count). The van der Waals surface area contributed by atoms with Gasteiger partial charge in [0.2, 0.25) is 4.96 Å². The summed E-state index contributed by atoms with van der Waals surface area (Å²) in [6.07, 6.45) is 5.06. The van der Waals surface area contributed by atoms with E-state index < -0.39 is 0 Å². The predicted molar refractivity (Wildman–Crippen MR) is 103 cm³/mol. The highest BCUT2D eigenvalue weighted by Crippen LogP contribution is 2.22. The second kappa shape index (κ2) is 6.30. The summed E-state index contributed by atoms with van der Waals surface area (Å²) >= 11 is 1.28. The molecule has 0 fully saturated rings. The number of thiazole rings is 1. The van der Waals surface area contributed by atoms with Crippen LogP contribution in [0.5, 0.6) is 0 Å². The Bertz CT molecular complexity index is 1340. The molecule has 4 aromatic heterocycles. The maximum Gasteiger partial charge on any atom is 0.291 e. The first-order chi connectivity index (χ1) is 13.3. The largest absolute Gasteiger partial charge is 0.457 e. The molecule has 0 aliphatic carbocycles. The number of hydrogen-bond donors (Lipinski definition) is 0. The normalized spacial score (nSPS) is 12.1. The van der Waals surface area contributed by atoms with Gasteiger partial charge in [0.05, 0.1) is 0 Å². The summed E-state index contributed by atoms with van der Waals surface area (Å²) in [7, 11) is 0. The van der Waals surface area contributed by atoms with Crippen molar-refractivity contribution in [1.82, 2.24) is 19.6 Å². The summed E-state index contributed by atoms with van der Waals surface area (Å²) in [5.74, 6) is 1.88. The van der Waals surface area contributed by atoms with E-state index in [9.17, 15) is 4.79 Å². The summed E-state index contributed by atoms with van der Waals surface area (Å²) in [4.78, 5) is 21.6. The lowest BCUT2D eigenvalue weighted by molar-refractivity contribution is 0.571. The monoisotopic (exact) mass is 372 g/mol. The van der Waals surface area contributed by atoms with Gasteiger partial charge in [-0.25, -0.2) is 0 Å². The first-order valence-electron chi connectivity index (χ1n) is 8.25. The van der Waals surface area contributed by atoms with E-state index in [4.69, 9.17) is 4.42 Å². The molecule has 0 saturated carbocycles.